The molecule has 0 aromatic heterocycles. The van der Waals surface area contributed by atoms with E-state index in [9.17, 15) is 0 Å². The van der Waals surface area contributed by atoms with E-state index in [2.05, 4.69) is 25.7 Å². The highest BCUT2D eigenvalue weighted by molar-refractivity contribution is 4.66. The van der Waals surface area contributed by atoms with Crippen LogP contribution in [0.4, 0.5) is 0 Å². The Kier molecular flexibility index (Phi) is 16.8. The summed E-state index contributed by atoms with van der Waals surface area (Å²) in [5.74, 6) is 1.99. The molecule has 1 rings (SSSR count). The van der Waals surface area contributed by atoms with Crippen LogP contribution in [0.25, 0.3) is 0 Å². The molecule has 0 amide bonds. The molecule has 0 radical (unpaired) electrons. The Hall–Kier alpha value is -0.300. The maximum atomic E-state index is 3.64. The van der Waals surface area contributed by atoms with E-state index in [0.717, 1.165) is 11.8 Å². The summed E-state index contributed by atoms with van der Waals surface area (Å²) in [7, 11) is 0. The van der Waals surface area contributed by atoms with E-state index in [1.165, 1.54) is 90.1 Å². The summed E-state index contributed by atoms with van der Waals surface area (Å²) in [6, 6.07) is 0. The molecule has 1 aliphatic carbocycles. The molecule has 0 heterocycles. The molecule has 1 heteroatoms. The average molecular weight is 310 g/mol. The monoisotopic (exact) mass is 309 g/mol. The van der Waals surface area contributed by atoms with E-state index in [4.69, 9.17) is 0 Å². The van der Waals surface area contributed by atoms with Gasteiger partial charge in [0.1, 0.15) is 0 Å². The first-order valence-corrected chi connectivity index (χ1v) is 10.0. The molecule has 0 aromatic rings. The van der Waals surface area contributed by atoms with Gasteiger partial charge in [-0.1, -0.05) is 71.3 Å². The third-order valence-corrected chi connectivity index (χ3v) is 4.79. The van der Waals surface area contributed by atoms with Crippen molar-refractivity contribution in [3.05, 3.63) is 12.7 Å². The summed E-state index contributed by atoms with van der Waals surface area (Å²) in [6.07, 6.45) is 19.1. The van der Waals surface area contributed by atoms with E-state index in [-0.39, 0.29) is 0 Å². The predicted molar refractivity (Wildman–Crippen MR) is 102 cm³/mol. The first-order chi connectivity index (χ1) is 10.7. The minimum absolute atomic E-state index is 0.934. The molecular formula is C21H43N. The fourth-order valence-electron chi connectivity index (χ4n) is 3.39. The molecular weight excluding hydrogens is 266 g/mol. The van der Waals surface area contributed by atoms with Gasteiger partial charge in [0.25, 0.3) is 0 Å². The quantitative estimate of drug-likeness (QED) is 0.329. The fraction of sp³-hybridized carbons (Fsp3) is 0.905. The summed E-state index contributed by atoms with van der Waals surface area (Å²) in [6.45, 7) is 12.4. The molecule has 1 N–H and O–H groups in total. The Morgan fingerprint density at radius 1 is 1.05 bits per heavy atom. The molecule has 1 saturated carbocycles. The molecule has 1 fully saturated rings. The Bertz CT molecular complexity index is 218. The highest BCUT2D eigenvalue weighted by Gasteiger charge is 2.12. The van der Waals surface area contributed by atoms with Crippen molar-refractivity contribution in [2.45, 2.75) is 97.8 Å². The number of nitrogens with one attached hydrogen (secondary N) is 1. The van der Waals surface area contributed by atoms with Gasteiger partial charge in [0, 0.05) is 0 Å². The van der Waals surface area contributed by atoms with E-state index < -0.39 is 0 Å². The first kappa shape index (κ1) is 21.7. The standard InChI is InChI=1S/C18H37N.C3H6/c1-3-4-10-17(2)11-8-15-19-16-9-14-18-12-6-5-7-13-18;1-3-2/h17-19H,3-16H2,1-2H3;3H,1H2,2H3. The van der Waals surface area contributed by atoms with Crippen LogP contribution in [0.5, 0.6) is 0 Å². The zero-order chi connectivity index (χ0) is 16.5. The molecule has 0 saturated heterocycles. The smallest absolute Gasteiger partial charge is 0.00488 e. The third kappa shape index (κ3) is 14.6. The fourth-order valence-corrected chi connectivity index (χ4v) is 3.39. The summed E-state index contributed by atoms with van der Waals surface area (Å²) in [4.78, 5) is 0. The zero-order valence-electron chi connectivity index (χ0n) is 15.8. The van der Waals surface area contributed by atoms with Gasteiger partial charge in [0.05, 0.1) is 0 Å². The van der Waals surface area contributed by atoms with Gasteiger partial charge in [-0.2, -0.15) is 0 Å². The molecule has 22 heavy (non-hydrogen) atoms. The third-order valence-electron chi connectivity index (χ3n) is 4.79. The normalized spacial score (nSPS) is 16.7. The van der Waals surface area contributed by atoms with Crippen molar-refractivity contribution >= 4 is 0 Å². The van der Waals surface area contributed by atoms with E-state index >= 15 is 0 Å². The van der Waals surface area contributed by atoms with Crippen LogP contribution in [0.1, 0.15) is 97.8 Å². The van der Waals surface area contributed by atoms with Gasteiger partial charge < -0.3 is 5.32 Å². The molecule has 1 atom stereocenters. The number of allylic oxidation sites excluding steroid dienone is 1. The Balaban J connectivity index is 0.00000135. The van der Waals surface area contributed by atoms with Crippen LogP contribution in [0.15, 0.2) is 12.7 Å². The molecule has 1 aliphatic rings. The van der Waals surface area contributed by atoms with Crippen LogP contribution in [-0.2, 0) is 0 Å². The number of hydrogen-bond donors (Lipinski definition) is 1. The van der Waals surface area contributed by atoms with E-state index in [0.29, 0.717) is 0 Å². The van der Waals surface area contributed by atoms with E-state index in [1.807, 2.05) is 6.92 Å². The zero-order valence-corrected chi connectivity index (χ0v) is 15.8. The Morgan fingerprint density at radius 2 is 1.64 bits per heavy atom. The van der Waals surface area contributed by atoms with Crippen molar-refractivity contribution < 1.29 is 0 Å². The summed E-state index contributed by atoms with van der Waals surface area (Å²) >= 11 is 0. The SMILES string of the molecule is C=CC.CCCCC(C)CCCNCCCC1CCCCC1. The Labute approximate surface area is 141 Å². The van der Waals surface area contributed by atoms with Gasteiger partial charge in [0.2, 0.25) is 0 Å². The first-order valence-electron chi connectivity index (χ1n) is 10.0. The minimum atomic E-state index is 0.934. The van der Waals surface area contributed by atoms with Crippen molar-refractivity contribution in [1.82, 2.24) is 5.32 Å². The highest BCUT2D eigenvalue weighted by Crippen LogP contribution is 2.26. The van der Waals surface area contributed by atoms with Crippen LogP contribution >= 0.6 is 0 Å². The second kappa shape index (κ2) is 17.1. The van der Waals surface area contributed by atoms with Crippen molar-refractivity contribution in [2.75, 3.05) is 13.1 Å². The second-order valence-corrected chi connectivity index (χ2v) is 7.19. The average Bonchev–Trinajstić information content (AvgIpc) is 2.53. The van der Waals surface area contributed by atoms with Crippen LogP contribution in [-0.4, -0.2) is 13.1 Å². The summed E-state index contributed by atoms with van der Waals surface area (Å²) in [5.41, 5.74) is 0. The van der Waals surface area contributed by atoms with Gasteiger partial charge in [-0.05, 0) is 57.5 Å². The Morgan fingerprint density at radius 3 is 2.27 bits per heavy atom. The second-order valence-electron chi connectivity index (χ2n) is 7.19. The summed E-state index contributed by atoms with van der Waals surface area (Å²) < 4.78 is 0. The van der Waals surface area contributed by atoms with Gasteiger partial charge in [0.15, 0.2) is 0 Å². The highest BCUT2D eigenvalue weighted by atomic mass is 14.8. The molecule has 1 unspecified atom stereocenters. The van der Waals surface area contributed by atoms with Crippen molar-refractivity contribution in [2.24, 2.45) is 11.8 Å². The molecule has 0 aromatic carbocycles. The van der Waals surface area contributed by atoms with Crippen molar-refractivity contribution in [1.29, 1.82) is 0 Å². The topological polar surface area (TPSA) is 12.0 Å². The van der Waals surface area contributed by atoms with Gasteiger partial charge in [-0.15, -0.1) is 6.58 Å². The minimum Gasteiger partial charge on any atom is -0.317 e. The van der Waals surface area contributed by atoms with Gasteiger partial charge in [-0.3, -0.25) is 0 Å². The molecule has 0 aliphatic heterocycles. The lowest BCUT2D eigenvalue weighted by atomic mass is 9.86. The largest absolute Gasteiger partial charge is 0.317 e. The molecule has 0 bridgehead atoms. The maximum absolute atomic E-state index is 3.64. The summed E-state index contributed by atoms with van der Waals surface area (Å²) in [5, 5.41) is 3.64. The van der Waals surface area contributed by atoms with Crippen LogP contribution in [0.3, 0.4) is 0 Å². The molecule has 1 nitrogen and oxygen atoms in total. The lowest BCUT2D eigenvalue weighted by molar-refractivity contribution is 0.330. The lowest BCUT2D eigenvalue weighted by Gasteiger charge is -2.21. The lowest BCUT2D eigenvalue weighted by Crippen LogP contribution is -2.18. The van der Waals surface area contributed by atoms with Gasteiger partial charge in [-0.25, -0.2) is 0 Å². The molecule has 0 spiro atoms. The number of unbranched alkanes of at least 4 members (excludes halogenated alkanes) is 1. The number of rotatable bonds is 11. The maximum Gasteiger partial charge on any atom is -0.00488 e. The van der Waals surface area contributed by atoms with Crippen molar-refractivity contribution in [3.63, 3.8) is 0 Å². The van der Waals surface area contributed by atoms with Crippen LogP contribution < -0.4 is 5.32 Å². The predicted octanol–water partition coefficient (Wildman–Crippen LogP) is 6.74. The van der Waals surface area contributed by atoms with E-state index in [1.54, 1.807) is 6.08 Å². The number of hydrogen-bond acceptors (Lipinski definition) is 1. The molecule has 132 valence electrons. The van der Waals surface area contributed by atoms with Crippen molar-refractivity contribution in [3.8, 4) is 0 Å². The van der Waals surface area contributed by atoms with Crippen LogP contribution in [0.2, 0.25) is 0 Å². The van der Waals surface area contributed by atoms with Crippen LogP contribution in [0, 0.1) is 11.8 Å². The van der Waals surface area contributed by atoms with Gasteiger partial charge >= 0.3 is 0 Å².